The predicted octanol–water partition coefficient (Wildman–Crippen LogP) is 3.86. The Bertz CT molecular complexity index is 620. The summed E-state index contributed by atoms with van der Waals surface area (Å²) in [5, 5.41) is 13.9. The first-order chi connectivity index (χ1) is 10.1. The zero-order chi connectivity index (χ0) is 15.2. The summed E-state index contributed by atoms with van der Waals surface area (Å²) in [5.41, 5.74) is 8.10. The van der Waals surface area contributed by atoms with E-state index in [2.05, 4.69) is 21.2 Å². The number of nitrogens with zero attached hydrogens (tertiary/aromatic N) is 1. The smallest absolute Gasteiger partial charge is 0.270 e. The molecule has 0 amide bonds. The third kappa shape index (κ3) is 4.27. The Morgan fingerprint density at radius 2 is 1.95 bits per heavy atom. The van der Waals surface area contributed by atoms with Crippen LogP contribution in [0.2, 0.25) is 0 Å². The molecule has 2 aromatic rings. The van der Waals surface area contributed by atoms with Crippen molar-refractivity contribution in [1.82, 2.24) is 0 Å². The Morgan fingerprint density at radius 3 is 2.57 bits per heavy atom. The van der Waals surface area contributed by atoms with E-state index in [1.807, 2.05) is 30.3 Å². The summed E-state index contributed by atoms with van der Waals surface area (Å²) >= 11 is 3.33. The summed E-state index contributed by atoms with van der Waals surface area (Å²) in [6, 6.07) is 14.5. The Morgan fingerprint density at radius 1 is 1.24 bits per heavy atom. The highest BCUT2D eigenvalue weighted by molar-refractivity contribution is 9.10. The number of benzene rings is 2. The SMILES string of the molecule is NC(CCNc1ccc([N+](=O)[O-])cc1Br)c1ccccc1. The fourth-order valence-corrected chi connectivity index (χ4v) is 2.50. The highest BCUT2D eigenvalue weighted by atomic mass is 79.9. The van der Waals surface area contributed by atoms with Gasteiger partial charge < -0.3 is 11.1 Å². The standard InChI is InChI=1S/C15H16BrN3O2/c16-13-10-12(19(20)21)6-7-15(13)18-9-8-14(17)11-4-2-1-3-5-11/h1-7,10,14,18H,8-9,17H2. The summed E-state index contributed by atoms with van der Waals surface area (Å²) in [4.78, 5) is 10.3. The van der Waals surface area contributed by atoms with Crippen LogP contribution in [0.1, 0.15) is 18.0 Å². The maximum atomic E-state index is 10.7. The van der Waals surface area contributed by atoms with Crippen molar-refractivity contribution in [3.63, 3.8) is 0 Å². The lowest BCUT2D eigenvalue weighted by Gasteiger charge is -2.13. The van der Waals surface area contributed by atoms with Gasteiger partial charge in [0.05, 0.1) is 4.92 Å². The van der Waals surface area contributed by atoms with Gasteiger partial charge in [-0.05, 0) is 34.0 Å². The highest BCUT2D eigenvalue weighted by Gasteiger charge is 2.09. The van der Waals surface area contributed by atoms with E-state index in [0.717, 1.165) is 17.7 Å². The highest BCUT2D eigenvalue weighted by Crippen LogP contribution is 2.27. The van der Waals surface area contributed by atoms with Crippen molar-refractivity contribution in [3.05, 3.63) is 68.7 Å². The first-order valence-electron chi connectivity index (χ1n) is 6.56. The third-order valence-electron chi connectivity index (χ3n) is 3.16. The number of non-ortho nitro benzene ring substituents is 1. The molecule has 1 atom stereocenters. The van der Waals surface area contributed by atoms with Crippen molar-refractivity contribution in [2.75, 3.05) is 11.9 Å². The van der Waals surface area contributed by atoms with Crippen LogP contribution in [-0.4, -0.2) is 11.5 Å². The lowest BCUT2D eigenvalue weighted by molar-refractivity contribution is -0.384. The van der Waals surface area contributed by atoms with Crippen LogP contribution in [0, 0.1) is 10.1 Å². The fourth-order valence-electron chi connectivity index (χ4n) is 1.99. The molecule has 0 aliphatic carbocycles. The van der Waals surface area contributed by atoms with Gasteiger partial charge in [-0.2, -0.15) is 0 Å². The molecule has 2 aromatic carbocycles. The van der Waals surface area contributed by atoms with Gasteiger partial charge in [-0.3, -0.25) is 10.1 Å². The second-order valence-corrected chi connectivity index (χ2v) is 5.51. The number of rotatable bonds is 6. The molecule has 0 aliphatic heterocycles. The quantitative estimate of drug-likeness (QED) is 0.612. The van der Waals surface area contributed by atoms with Gasteiger partial charge in [0.1, 0.15) is 0 Å². The molecule has 110 valence electrons. The molecule has 0 spiro atoms. The molecule has 0 aliphatic rings. The summed E-state index contributed by atoms with van der Waals surface area (Å²) < 4.78 is 0.671. The third-order valence-corrected chi connectivity index (χ3v) is 3.82. The van der Waals surface area contributed by atoms with E-state index in [1.165, 1.54) is 12.1 Å². The van der Waals surface area contributed by atoms with E-state index >= 15 is 0 Å². The molecule has 6 heteroatoms. The zero-order valence-corrected chi connectivity index (χ0v) is 12.9. The minimum Gasteiger partial charge on any atom is -0.384 e. The van der Waals surface area contributed by atoms with Gasteiger partial charge in [0, 0.05) is 34.9 Å². The second kappa shape index (κ2) is 7.19. The number of nitrogens with one attached hydrogen (secondary N) is 1. The Labute approximate surface area is 131 Å². The maximum absolute atomic E-state index is 10.7. The van der Waals surface area contributed by atoms with Crippen LogP contribution in [0.4, 0.5) is 11.4 Å². The average Bonchev–Trinajstić information content (AvgIpc) is 2.49. The molecule has 3 N–H and O–H groups in total. The van der Waals surface area contributed by atoms with E-state index in [-0.39, 0.29) is 11.7 Å². The van der Waals surface area contributed by atoms with E-state index in [1.54, 1.807) is 6.07 Å². The molecule has 0 saturated carbocycles. The number of nitro benzene ring substituents is 1. The summed E-state index contributed by atoms with van der Waals surface area (Å²) in [6.07, 6.45) is 0.771. The zero-order valence-electron chi connectivity index (χ0n) is 11.3. The van der Waals surface area contributed by atoms with E-state index < -0.39 is 4.92 Å². The van der Waals surface area contributed by atoms with Crippen LogP contribution in [0.25, 0.3) is 0 Å². The van der Waals surface area contributed by atoms with Crippen LogP contribution < -0.4 is 11.1 Å². The lowest BCUT2D eigenvalue weighted by atomic mass is 10.1. The van der Waals surface area contributed by atoms with Crippen molar-refractivity contribution in [3.8, 4) is 0 Å². The van der Waals surface area contributed by atoms with Gasteiger partial charge in [0.15, 0.2) is 0 Å². The molecule has 0 heterocycles. The van der Waals surface area contributed by atoms with E-state index in [4.69, 9.17) is 5.73 Å². The maximum Gasteiger partial charge on any atom is 0.270 e. The number of hydrogen-bond acceptors (Lipinski definition) is 4. The molecule has 1 unspecified atom stereocenters. The molecule has 0 bridgehead atoms. The molecule has 0 saturated heterocycles. The summed E-state index contributed by atoms with van der Waals surface area (Å²) in [5.74, 6) is 0. The van der Waals surface area contributed by atoms with Crippen molar-refractivity contribution in [2.45, 2.75) is 12.5 Å². The minimum absolute atomic E-state index is 0.0319. The van der Waals surface area contributed by atoms with E-state index in [0.29, 0.717) is 11.0 Å². The number of hydrogen-bond donors (Lipinski definition) is 2. The molecule has 2 rings (SSSR count). The van der Waals surface area contributed by atoms with Gasteiger partial charge in [-0.25, -0.2) is 0 Å². The topological polar surface area (TPSA) is 81.2 Å². The van der Waals surface area contributed by atoms with Crippen LogP contribution >= 0.6 is 15.9 Å². The number of anilines is 1. The molecular weight excluding hydrogens is 334 g/mol. The lowest BCUT2D eigenvalue weighted by Crippen LogP contribution is -2.15. The Kier molecular flexibility index (Phi) is 5.30. The summed E-state index contributed by atoms with van der Waals surface area (Å²) in [7, 11) is 0. The van der Waals surface area contributed by atoms with Crippen molar-refractivity contribution in [2.24, 2.45) is 5.73 Å². The predicted molar refractivity (Wildman–Crippen MR) is 87.3 cm³/mol. The van der Waals surface area contributed by atoms with Gasteiger partial charge in [-0.1, -0.05) is 30.3 Å². The number of nitrogens with two attached hydrogens (primary N) is 1. The average molecular weight is 350 g/mol. The van der Waals surface area contributed by atoms with Gasteiger partial charge in [0.25, 0.3) is 5.69 Å². The van der Waals surface area contributed by atoms with Crippen molar-refractivity contribution >= 4 is 27.3 Å². The van der Waals surface area contributed by atoms with Crippen LogP contribution in [0.15, 0.2) is 53.0 Å². The van der Waals surface area contributed by atoms with Crippen molar-refractivity contribution in [1.29, 1.82) is 0 Å². The summed E-state index contributed by atoms with van der Waals surface area (Å²) in [6.45, 7) is 0.687. The van der Waals surface area contributed by atoms with Gasteiger partial charge >= 0.3 is 0 Å². The fraction of sp³-hybridized carbons (Fsp3) is 0.200. The minimum atomic E-state index is -0.417. The Hall–Kier alpha value is -1.92. The largest absolute Gasteiger partial charge is 0.384 e. The first kappa shape index (κ1) is 15.5. The second-order valence-electron chi connectivity index (χ2n) is 4.65. The molecule has 0 fully saturated rings. The molecular formula is C15H16BrN3O2. The molecule has 5 nitrogen and oxygen atoms in total. The first-order valence-corrected chi connectivity index (χ1v) is 7.35. The van der Waals surface area contributed by atoms with Crippen LogP contribution in [0.3, 0.4) is 0 Å². The van der Waals surface area contributed by atoms with Crippen LogP contribution in [-0.2, 0) is 0 Å². The number of halogens is 1. The van der Waals surface area contributed by atoms with E-state index in [9.17, 15) is 10.1 Å². The monoisotopic (exact) mass is 349 g/mol. The van der Waals surface area contributed by atoms with Crippen molar-refractivity contribution < 1.29 is 4.92 Å². The van der Waals surface area contributed by atoms with Crippen LogP contribution in [0.5, 0.6) is 0 Å². The molecule has 21 heavy (non-hydrogen) atoms. The number of nitro groups is 1. The Balaban J connectivity index is 1.90. The normalized spacial score (nSPS) is 11.9. The van der Waals surface area contributed by atoms with Gasteiger partial charge in [0.2, 0.25) is 0 Å². The molecule has 0 aromatic heterocycles. The van der Waals surface area contributed by atoms with Gasteiger partial charge in [-0.15, -0.1) is 0 Å². The molecule has 0 radical (unpaired) electrons.